The smallest absolute Gasteiger partial charge is 0.225 e. The van der Waals surface area contributed by atoms with Crippen LogP contribution in [0.1, 0.15) is 6.42 Å². The van der Waals surface area contributed by atoms with Gasteiger partial charge in [-0.05, 0) is 36.4 Å². The van der Waals surface area contributed by atoms with Crippen molar-refractivity contribution in [3.8, 4) is 5.75 Å². The fourth-order valence-electron chi connectivity index (χ4n) is 1.99. The summed E-state index contributed by atoms with van der Waals surface area (Å²) in [6, 6.07) is 12.8. The second kappa shape index (κ2) is 10.6. The average molecular weight is 400 g/mol. The van der Waals surface area contributed by atoms with Crippen molar-refractivity contribution in [2.45, 2.75) is 11.3 Å². The third-order valence-corrected chi connectivity index (χ3v) is 4.75. The SMILES string of the molecule is COCCOc1c(Cl)cccc1NC(=O)CCSc1ccc(Cl)cc1. The van der Waals surface area contributed by atoms with E-state index >= 15 is 0 Å². The molecule has 2 rings (SSSR count). The lowest BCUT2D eigenvalue weighted by Gasteiger charge is -2.13. The van der Waals surface area contributed by atoms with Gasteiger partial charge in [-0.2, -0.15) is 0 Å². The highest BCUT2D eigenvalue weighted by atomic mass is 35.5. The number of benzene rings is 2. The topological polar surface area (TPSA) is 47.6 Å². The number of ether oxygens (including phenoxy) is 2. The number of anilines is 1. The third-order valence-electron chi connectivity index (χ3n) is 3.19. The Morgan fingerprint density at radius 2 is 1.88 bits per heavy atom. The Morgan fingerprint density at radius 1 is 1.12 bits per heavy atom. The molecule has 0 saturated heterocycles. The molecule has 0 atom stereocenters. The molecule has 0 bridgehead atoms. The zero-order chi connectivity index (χ0) is 18.1. The number of methoxy groups -OCH3 is 1. The zero-order valence-corrected chi connectivity index (χ0v) is 16.1. The minimum Gasteiger partial charge on any atom is -0.487 e. The first-order chi connectivity index (χ1) is 12.1. The molecule has 0 heterocycles. The molecule has 2 aromatic carbocycles. The predicted molar refractivity (Wildman–Crippen MR) is 104 cm³/mol. The number of halogens is 2. The molecule has 0 unspecified atom stereocenters. The van der Waals surface area contributed by atoms with Gasteiger partial charge in [0.25, 0.3) is 0 Å². The first-order valence-corrected chi connectivity index (χ1v) is 9.43. The lowest BCUT2D eigenvalue weighted by atomic mass is 10.2. The van der Waals surface area contributed by atoms with Gasteiger partial charge < -0.3 is 14.8 Å². The molecule has 1 amide bonds. The lowest BCUT2D eigenvalue weighted by molar-refractivity contribution is -0.115. The Morgan fingerprint density at radius 3 is 2.60 bits per heavy atom. The normalized spacial score (nSPS) is 10.5. The molecular weight excluding hydrogens is 381 g/mol. The maximum Gasteiger partial charge on any atom is 0.225 e. The molecule has 4 nitrogen and oxygen atoms in total. The summed E-state index contributed by atoms with van der Waals surface area (Å²) in [5.41, 5.74) is 0.560. The number of rotatable bonds is 9. The maximum atomic E-state index is 12.2. The van der Waals surface area contributed by atoms with Gasteiger partial charge in [-0.25, -0.2) is 0 Å². The molecule has 1 N–H and O–H groups in total. The van der Waals surface area contributed by atoms with Crippen molar-refractivity contribution in [3.05, 3.63) is 52.5 Å². The van der Waals surface area contributed by atoms with Crippen LogP contribution in [0.5, 0.6) is 5.75 Å². The molecule has 0 saturated carbocycles. The average Bonchev–Trinajstić information content (AvgIpc) is 2.59. The van der Waals surface area contributed by atoms with Crippen molar-refractivity contribution < 1.29 is 14.3 Å². The minimum absolute atomic E-state index is 0.0969. The van der Waals surface area contributed by atoms with Crippen LogP contribution in [0.15, 0.2) is 47.4 Å². The molecule has 25 heavy (non-hydrogen) atoms. The van der Waals surface area contributed by atoms with E-state index in [-0.39, 0.29) is 5.91 Å². The molecule has 0 aliphatic carbocycles. The van der Waals surface area contributed by atoms with Crippen LogP contribution in [-0.2, 0) is 9.53 Å². The van der Waals surface area contributed by atoms with Crippen LogP contribution in [0.25, 0.3) is 0 Å². The number of nitrogens with one attached hydrogen (secondary N) is 1. The van der Waals surface area contributed by atoms with E-state index in [0.717, 1.165) is 4.90 Å². The van der Waals surface area contributed by atoms with Crippen molar-refractivity contribution >= 4 is 46.6 Å². The summed E-state index contributed by atoms with van der Waals surface area (Å²) in [5.74, 6) is 1.02. The van der Waals surface area contributed by atoms with E-state index in [0.29, 0.717) is 46.9 Å². The number of amides is 1. The van der Waals surface area contributed by atoms with E-state index in [1.54, 1.807) is 37.1 Å². The third kappa shape index (κ3) is 6.78. The molecule has 0 aliphatic heterocycles. The lowest BCUT2D eigenvalue weighted by Crippen LogP contribution is -2.14. The summed E-state index contributed by atoms with van der Waals surface area (Å²) in [6.07, 6.45) is 0.372. The van der Waals surface area contributed by atoms with Crippen LogP contribution in [0, 0.1) is 0 Å². The predicted octanol–water partition coefficient (Wildman–Crippen LogP) is 5.14. The molecule has 0 fully saturated rings. The number of hydrogen-bond donors (Lipinski definition) is 1. The van der Waals surface area contributed by atoms with Crippen molar-refractivity contribution in [3.63, 3.8) is 0 Å². The van der Waals surface area contributed by atoms with Crippen LogP contribution in [0.3, 0.4) is 0 Å². The van der Waals surface area contributed by atoms with Crippen LogP contribution in [0.4, 0.5) is 5.69 Å². The van der Waals surface area contributed by atoms with Gasteiger partial charge >= 0.3 is 0 Å². The van der Waals surface area contributed by atoms with Crippen molar-refractivity contribution in [1.82, 2.24) is 0 Å². The summed E-state index contributed by atoms with van der Waals surface area (Å²) in [5, 5.41) is 4.00. The number of carbonyl (C=O) groups is 1. The summed E-state index contributed by atoms with van der Waals surface area (Å²) in [6.45, 7) is 0.797. The molecular formula is C18H19Cl2NO3S. The maximum absolute atomic E-state index is 12.2. The fraction of sp³-hybridized carbons (Fsp3) is 0.278. The van der Waals surface area contributed by atoms with E-state index in [1.165, 1.54) is 0 Å². The standard InChI is InChI=1S/C18H19Cl2NO3S/c1-23-10-11-24-18-15(20)3-2-4-16(18)21-17(22)9-12-25-14-7-5-13(19)6-8-14/h2-8H,9-12H2,1H3,(H,21,22). The van der Waals surface area contributed by atoms with E-state index < -0.39 is 0 Å². The zero-order valence-electron chi connectivity index (χ0n) is 13.8. The second-order valence-corrected chi connectivity index (χ2v) is 7.07. The van der Waals surface area contributed by atoms with Gasteiger partial charge in [0.05, 0.1) is 17.3 Å². The highest BCUT2D eigenvalue weighted by molar-refractivity contribution is 7.99. The highest BCUT2D eigenvalue weighted by Crippen LogP contribution is 2.33. The fourth-order valence-corrected chi connectivity index (χ4v) is 3.19. The summed E-state index contributed by atoms with van der Waals surface area (Å²) in [7, 11) is 1.59. The second-order valence-electron chi connectivity index (χ2n) is 5.06. The largest absolute Gasteiger partial charge is 0.487 e. The monoisotopic (exact) mass is 399 g/mol. The van der Waals surface area contributed by atoms with Gasteiger partial charge in [0.1, 0.15) is 6.61 Å². The van der Waals surface area contributed by atoms with Crippen LogP contribution in [0.2, 0.25) is 10.0 Å². The van der Waals surface area contributed by atoms with Gasteiger partial charge in [-0.1, -0.05) is 29.3 Å². The molecule has 0 spiro atoms. The Hall–Kier alpha value is -1.40. The minimum atomic E-state index is -0.0969. The molecule has 0 aliphatic rings. The Balaban J connectivity index is 1.87. The molecule has 7 heteroatoms. The van der Waals surface area contributed by atoms with Crippen molar-refractivity contribution in [2.75, 3.05) is 31.4 Å². The number of carbonyl (C=O) groups excluding carboxylic acids is 1. The van der Waals surface area contributed by atoms with E-state index in [9.17, 15) is 4.79 Å². The summed E-state index contributed by atoms with van der Waals surface area (Å²) >= 11 is 13.6. The quantitative estimate of drug-likeness (QED) is 0.468. The summed E-state index contributed by atoms with van der Waals surface area (Å²) < 4.78 is 10.6. The van der Waals surface area contributed by atoms with E-state index in [1.807, 2.05) is 24.3 Å². The molecule has 134 valence electrons. The summed E-state index contributed by atoms with van der Waals surface area (Å²) in [4.78, 5) is 13.3. The Bertz CT molecular complexity index is 695. The first kappa shape index (κ1) is 19.9. The number of hydrogen-bond acceptors (Lipinski definition) is 4. The van der Waals surface area contributed by atoms with Crippen LogP contribution >= 0.6 is 35.0 Å². The van der Waals surface area contributed by atoms with Gasteiger partial charge in [-0.3, -0.25) is 4.79 Å². The van der Waals surface area contributed by atoms with Gasteiger partial charge in [0.2, 0.25) is 5.91 Å². The van der Waals surface area contributed by atoms with E-state index in [4.69, 9.17) is 32.7 Å². The molecule has 0 radical (unpaired) electrons. The Labute approximate surface area is 161 Å². The molecule has 2 aromatic rings. The van der Waals surface area contributed by atoms with Crippen LogP contribution < -0.4 is 10.1 Å². The van der Waals surface area contributed by atoms with Gasteiger partial charge in [0.15, 0.2) is 5.75 Å². The highest BCUT2D eigenvalue weighted by Gasteiger charge is 2.11. The molecule has 0 aromatic heterocycles. The first-order valence-electron chi connectivity index (χ1n) is 7.68. The number of thioether (sulfide) groups is 1. The van der Waals surface area contributed by atoms with Crippen LogP contribution in [-0.4, -0.2) is 32.0 Å². The Kier molecular flexibility index (Phi) is 8.41. The number of para-hydroxylation sites is 1. The van der Waals surface area contributed by atoms with Gasteiger partial charge in [-0.15, -0.1) is 11.8 Å². The van der Waals surface area contributed by atoms with Crippen molar-refractivity contribution in [1.29, 1.82) is 0 Å². The van der Waals surface area contributed by atoms with Gasteiger partial charge in [0, 0.05) is 29.2 Å². The van der Waals surface area contributed by atoms with Crippen molar-refractivity contribution in [2.24, 2.45) is 0 Å². The van der Waals surface area contributed by atoms with E-state index in [2.05, 4.69) is 5.32 Å².